The van der Waals surface area contributed by atoms with E-state index in [1.165, 1.54) is 0 Å². The van der Waals surface area contributed by atoms with Crippen LogP contribution in [0.1, 0.15) is 25.0 Å². The first kappa shape index (κ1) is 18.7. The Morgan fingerprint density at radius 1 is 1.19 bits per heavy atom. The van der Waals surface area contributed by atoms with Crippen molar-refractivity contribution in [2.45, 2.75) is 25.9 Å². The van der Waals surface area contributed by atoms with E-state index in [2.05, 4.69) is 17.2 Å². The van der Waals surface area contributed by atoms with Gasteiger partial charge in [0.2, 0.25) is 0 Å². The minimum atomic E-state index is -0.252. The van der Waals surface area contributed by atoms with E-state index in [9.17, 15) is 4.79 Å². The van der Waals surface area contributed by atoms with Crippen molar-refractivity contribution in [2.75, 3.05) is 20.3 Å². The van der Waals surface area contributed by atoms with Crippen LogP contribution in [0.4, 0.5) is 0 Å². The highest BCUT2D eigenvalue weighted by molar-refractivity contribution is 5.78. The highest BCUT2D eigenvalue weighted by Crippen LogP contribution is 2.41. The van der Waals surface area contributed by atoms with Gasteiger partial charge in [-0.3, -0.25) is 4.79 Å². The quantitative estimate of drug-likeness (QED) is 0.828. The minimum absolute atomic E-state index is 0.0867. The van der Waals surface area contributed by atoms with Gasteiger partial charge < -0.3 is 19.5 Å². The lowest BCUT2D eigenvalue weighted by Crippen LogP contribution is -2.29. The molecule has 1 N–H and O–H groups in total. The summed E-state index contributed by atoms with van der Waals surface area (Å²) in [6.45, 7) is 4.21. The number of fused-ring (bicyclic) bond motifs is 1. The molecular weight excluding hydrogens is 342 g/mol. The zero-order valence-corrected chi connectivity index (χ0v) is 15.8. The first-order valence-corrected chi connectivity index (χ1v) is 8.81. The number of carbonyl (C=O) groups excluding carboxylic acids is 1. The van der Waals surface area contributed by atoms with E-state index in [0.717, 1.165) is 23.3 Å². The molecule has 0 aliphatic carbocycles. The normalized spacial score (nSPS) is 13.6. The zero-order chi connectivity index (χ0) is 19.3. The predicted octanol–water partition coefficient (Wildman–Crippen LogP) is 2.96. The summed E-state index contributed by atoms with van der Waals surface area (Å²) in [6.07, 6.45) is 0.824. The maximum Gasteiger partial charge on any atom is 0.258 e. The van der Waals surface area contributed by atoms with Crippen LogP contribution in [0.3, 0.4) is 0 Å². The summed E-state index contributed by atoms with van der Waals surface area (Å²) in [5, 5.41) is 2.73. The molecule has 5 heteroatoms. The Hall–Kier alpha value is -3.13. The van der Waals surface area contributed by atoms with Crippen molar-refractivity contribution >= 4 is 5.91 Å². The summed E-state index contributed by atoms with van der Waals surface area (Å²) in [4.78, 5) is 12.0. The van der Waals surface area contributed by atoms with Crippen molar-refractivity contribution in [3.05, 3.63) is 53.6 Å². The third kappa shape index (κ3) is 4.73. The summed E-state index contributed by atoms with van der Waals surface area (Å²) in [5.41, 5.74) is 1.63. The molecule has 0 saturated carbocycles. The smallest absolute Gasteiger partial charge is 0.258 e. The average Bonchev–Trinajstić information content (AvgIpc) is 2.98. The van der Waals surface area contributed by atoms with E-state index in [1.807, 2.05) is 56.3 Å². The van der Waals surface area contributed by atoms with E-state index in [4.69, 9.17) is 14.2 Å². The molecule has 5 nitrogen and oxygen atoms in total. The molecule has 1 heterocycles. The van der Waals surface area contributed by atoms with Gasteiger partial charge in [-0.2, -0.15) is 0 Å². The number of amides is 1. The lowest BCUT2D eigenvalue weighted by Gasteiger charge is -2.18. The summed E-state index contributed by atoms with van der Waals surface area (Å²) in [5.74, 6) is 7.69. The Kier molecular flexibility index (Phi) is 5.56. The largest absolute Gasteiger partial charge is 0.495 e. The Morgan fingerprint density at radius 3 is 2.78 bits per heavy atom. The van der Waals surface area contributed by atoms with Crippen molar-refractivity contribution in [2.24, 2.45) is 0 Å². The molecule has 1 amide bonds. The molecule has 0 radical (unpaired) electrons. The van der Waals surface area contributed by atoms with Gasteiger partial charge in [0.05, 0.1) is 19.2 Å². The van der Waals surface area contributed by atoms with E-state index in [0.29, 0.717) is 11.5 Å². The molecule has 140 valence electrons. The van der Waals surface area contributed by atoms with Gasteiger partial charge in [0.15, 0.2) is 18.1 Å². The maximum atomic E-state index is 12.0. The Balaban J connectivity index is 1.51. The van der Waals surface area contributed by atoms with Crippen LogP contribution in [0, 0.1) is 11.8 Å². The third-order valence-electron chi connectivity index (χ3n) is 4.12. The summed E-state index contributed by atoms with van der Waals surface area (Å²) in [6, 6.07) is 13.2. The number of carbonyl (C=O) groups is 1. The first-order valence-electron chi connectivity index (χ1n) is 8.81. The van der Waals surface area contributed by atoms with E-state index in [-0.39, 0.29) is 24.7 Å². The number of rotatable bonds is 5. The van der Waals surface area contributed by atoms with Crippen LogP contribution >= 0.6 is 0 Å². The van der Waals surface area contributed by atoms with Crippen molar-refractivity contribution < 1.29 is 19.0 Å². The highest BCUT2D eigenvalue weighted by Gasteiger charge is 2.32. The van der Waals surface area contributed by atoms with Crippen LogP contribution in [-0.2, 0) is 11.2 Å². The molecule has 27 heavy (non-hydrogen) atoms. The standard InChI is InChI=1S/C22H23NO4/c1-22(2)14-17-9-6-12-19(21(17)27-22)26-15-20(24)23-13-7-10-16-8-4-5-11-18(16)25-3/h4-6,8-9,11-12H,13-15H2,1-3H3,(H,23,24). The molecule has 0 bridgehead atoms. The average molecular weight is 365 g/mol. The number of methoxy groups -OCH3 is 1. The molecule has 0 atom stereocenters. The van der Waals surface area contributed by atoms with Crippen LogP contribution in [-0.4, -0.2) is 31.8 Å². The second kappa shape index (κ2) is 8.05. The topological polar surface area (TPSA) is 56.8 Å². The molecule has 0 unspecified atom stereocenters. The predicted molar refractivity (Wildman–Crippen MR) is 103 cm³/mol. The number of nitrogens with one attached hydrogen (secondary N) is 1. The van der Waals surface area contributed by atoms with Gasteiger partial charge in [0, 0.05) is 12.0 Å². The number of hydrogen-bond acceptors (Lipinski definition) is 4. The molecule has 0 saturated heterocycles. The second-order valence-corrected chi connectivity index (χ2v) is 6.85. The van der Waals surface area contributed by atoms with Gasteiger partial charge in [0.25, 0.3) is 5.91 Å². The summed E-state index contributed by atoms with van der Waals surface area (Å²) in [7, 11) is 1.60. The van der Waals surface area contributed by atoms with Gasteiger partial charge in [-0.25, -0.2) is 0 Å². The van der Waals surface area contributed by atoms with Gasteiger partial charge in [-0.1, -0.05) is 36.1 Å². The molecule has 0 aromatic heterocycles. The maximum absolute atomic E-state index is 12.0. The number of ether oxygens (including phenoxy) is 3. The van der Waals surface area contributed by atoms with Crippen molar-refractivity contribution in [1.82, 2.24) is 5.32 Å². The van der Waals surface area contributed by atoms with Crippen molar-refractivity contribution in [3.63, 3.8) is 0 Å². The molecule has 3 rings (SSSR count). The molecule has 0 spiro atoms. The molecule has 0 fully saturated rings. The minimum Gasteiger partial charge on any atom is -0.495 e. The van der Waals surface area contributed by atoms with Crippen LogP contribution in [0.15, 0.2) is 42.5 Å². The summed E-state index contributed by atoms with van der Waals surface area (Å²) < 4.78 is 16.8. The van der Waals surface area contributed by atoms with Crippen molar-refractivity contribution in [1.29, 1.82) is 0 Å². The fourth-order valence-electron chi connectivity index (χ4n) is 2.93. The molecule has 1 aliphatic rings. The third-order valence-corrected chi connectivity index (χ3v) is 4.12. The highest BCUT2D eigenvalue weighted by atomic mass is 16.5. The Labute approximate surface area is 159 Å². The molecule has 2 aromatic rings. The van der Waals surface area contributed by atoms with Crippen molar-refractivity contribution in [3.8, 4) is 29.1 Å². The monoisotopic (exact) mass is 365 g/mol. The van der Waals surface area contributed by atoms with Crippen LogP contribution < -0.4 is 19.5 Å². The number of para-hydroxylation sites is 2. The fourth-order valence-corrected chi connectivity index (χ4v) is 2.93. The molecular formula is C22H23NO4. The first-order chi connectivity index (χ1) is 13.0. The molecule has 2 aromatic carbocycles. The number of hydrogen-bond donors (Lipinski definition) is 1. The van der Waals surface area contributed by atoms with Crippen LogP contribution in [0.5, 0.6) is 17.2 Å². The van der Waals surface area contributed by atoms with E-state index >= 15 is 0 Å². The Bertz CT molecular complexity index is 893. The lowest BCUT2D eigenvalue weighted by atomic mass is 10.0. The Morgan fingerprint density at radius 2 is 1.96 bits per heavy atom. The van der Waals surface area contributed by atoms with Crippen LogP contribution in [0.2, 0.25) is 0 Å². The lowest BCUT2D eigenvalue weighted by molar-refractivity contribution is -0.122. The van der Waals surface area contributed by atoms with Crippen LogP contribution in [0.25, 0.3) is 0 Å². The zero-order valence-electron chi connectivity index (χ0n) is 15.8. The SMILES string of the molecule is COc1ccccc1C#CCNC(=O)COc1cccc2c1OC(C)(C)C2. The second-order valence-electron chi connectivity index (χ2n) is 6.85. The fraction of sp³-hybridized carbons (Fsp3) is 0.318. The van der Waals surface area contributed by atoms with Gasteiger partial charge in [-0.05, 0) is 32.0 Å². The van der Waals surface area contributed by atoms with E-state index in [1.54, 1.807) is 7.11 Å². The summed E-state index contributed by atoms with van der Waals surface area (Å²) >= 11 is 0. The van der Waals surface area contributed by atoms with Gasteiger partial charge in [0.1, 0.15) is 11.4 Å². The molecule has 1 aliphatic heterocycles. The van der Waals surface area contributed by atoms with E-state index < -0.39 is 0 Å². The number of benzene rings is 2. The van der Waals surface area contributed by atoms with Gasteiger partial charge >= 0.3 is 0 Å². The van der Waals surface area contributed by atoms with Gasteiger partial charge in [-0.15, -0.1) is 0 Å².